The van der Waals surface area contributed by atoms with Crippen molar-refractivity contribution in [3.63, 3.8) is 0 Å². The maximum atomic E-state index is 11.8. The Hall–Kier alpha value is -2.01. The number of hydrogen-bond donors (Lipinski definition) is 1. The van der Waals surface area contributed by atoms with E-state index in [2.05, 4.69) is 31.4 Å². The van der Waals surface area contributed by atoms with Gasteiger partial charge in [-0.15, -0.1) is 0 Å². The third kappa shape index (κ3) is 3.24. The summed E-state index contributed by atoms with van der Waals surface area (Å²) in [6.07, 6.45) is 4.89. The first-order chi connectivity index (χ1) is 8.77. The molecule has 1 heterocycles. The molecule has 0 fully saturated rings. The van der Waals surface area contributed by atoms with Gasteiger partial charge in [0.1, 0.15) is 0 Å². The molecule has 0 spiro atoms. The second kappa shape index (κ2) is 6.07. The number of carbonyl (C=O) groups is 1. The Kier molecular flexibility index (Phi) is 4.20. The van der Waals surface area contributed by atoms with Gasteiger partial charge in [0.15, 0.2) is 0 Å². The van der Waals surface area contributed by atoms with Crippen LogP contribution in [0.3, 0.4) is 0 Å². The lowest BCUT2D eigenvalue weighted by atomic mass is 10.2. The van der Waals surface area contributed by atoms with Crippen LogP contribution in [0.5, 0.6) is 0 Å². The number of amides is 1. The highest BCUT2D eigenvalue weighted by Crippen LogP contribution is 2.15. The van der Waals surface area contributed by atoms with E-state index in [4.69, 9.17) is 0 Å². The van der Waals surface area contributed by atoms with E-state index >= 15 is 0 Å². The summed E-state index contributed by atoms with van der Waals surface area (Å²) in [5, 5.41) is 3.89. The second-order valence-electron chi connectivity index (χ2n) is 3.46. The Bertz CT molecular complexity index is 569. The van der Waals surface area contributed by atoms with Crippen molar-refractivity contribution >= 4 is 28.1 Å². The van der Waals surface area contributed by atoms with E-state index in [1.54, 1.807) is 42.9 Å². The molecular weight excluding hydrogens is 294 g/mol. The molecule has 0 aliphatic heterocycles. The zero-order chi connectivity index (χ0) is 12.8. The fourth-order valence-corrected chi connectivity index (χ4v) is 1.79. The number of rotatable bonds is 3. The molecule has 2 rings (SSSR count). The molecule has 18 heavy (non-hydrogen) atoms. The number of carbonyl (C=O) groups excluding carboxylic acids is 1. The van der Waals surface area contributed by atoms with Gasteiger partial charge in [-0.3, -0.25) is 9.78 Å². The molecule has 1 N–H and O–H groups in total. The third-order valence-corrected chi connectivity index (χ3v) is 2.90. The zero-order valence-corrected chi connectivity index (χ0v) is 11.0. The van der Waals surface area contributed by atoms with Crippen LogP contribution < -0.4 is 5.43 Å². The normalized spacial score (nSPS) is 10.5. The maximum absolute atomic E-state index is 11.8. The van der Waals surface area contributed by atoms with Crippen LogP contribution in [0.25, 0.3) is 0 Å². The highest BCUT2D eigenvalue weighted by atomic mass is 79.9. The van der Waals surface area contributed by atoms with Gasteiger partial charge in [0.2, 0.25) is 0 Å². The highest BCUT2D eigenvalue weighted by molar-refractivity contribution is 9.10. The van der Waals surface area contributed by atoms with Crippen LogP contribution in [-0.4, -0.2) is 17.1 Å². The van der Waals surface area contributed by atoms with Crippen LogP contribution in [-0.2, 0) is 0 Å². The van der Waals surface area contributed by atoms with Crippen molar-refractivity contribution < 1.29 is 4.79 Å². The Morgan fingerprint density at radius 2 is 1.94 bits per heavy atom. The molecule has 0 aliphatic rings. The molecule has 1 aromatic heterocycles. The number of pyridine rings is 1. The van der Waals surface area contributed by atoms with E-state index in [0.29, 0.717) is 5.56 Å². The minimum absolute atomic E-state index is 0.257. The van der Waals surface area contributed by atoms with Crippen LogP contribution in [0, 0.1) is 0 Å². The topological polar surface area (TPSA) is 54.4 Å². The average Bonchev–Trinajstić information content (AvgIpc) is 2.40. The summed E-state index contributed by atoms with van der Waals surface area (Å²) in [5.74, 6) is -0.257. The first-order valence-electron chi connectivity index (χ1n) is 5.25. The Labute approximate surface area is 113 Å². The number of aromatic nitrogens is 1. The van der Waals surface area contributed by atoms with Gasteiger partial charge in [-0.05, 0) is 45.8 Å². The molecule has 0 bridgehead atoms. The van der Waals surface area contributed by atoms with Crippen molar-refractivity contribution in [1.29, 1.82) is 0 Å². The fraction of sp³-hybridized carbons (Fsp3) is 0. The lowest BCUT2D eigenvalue weighted by Gasteiger charge is -2.01. The predicted molar refractivity (Wildman–Crippen MR) is 73.4 cm³/mol. The Morgan fingerprint density at radius 3 is 2.67 bits per heavy atom. The number of benzene rings is 1. The molecule has 5 heteroatoms. The Morgan fingerprint density at radius 1 is 1.22 bits per heavy atom. The molecule has 0 aliphatic carbocycles. The molecule has 90 valence electrons. The monoisotopic (exact) mass is 303 g/mol. The van der Waals surface area contributed by atoms with Crippen LogP contribution in [0.4, 0.5) is 0 Å². The minimum Gasteiger partial charge on any atom is -0.267 e. The van der Waals surface area contributed by atoms with E-state index in [9.17, 15) is 4.79 Å². The van der Waals surface area contributed by atoms with Crippen LogP contribution in [0.15, 0.2) is 58.4 Å². The van der Waals surface area contributed by atoms with E-state index < -0.39 is 0 Å². The number of hydrazone groups is 1. The quantitative estimate of drug-likeness (QED) is 0.700. The molecule has 0 atom stereocenters. The molecule has 0 saturated heterocycles. The Balaban J connectivity index is 2.01. The van der Waals surface area contributed by atoms with Crippen LogP contribution >= 0.6 is 15.9 Å². The van der Waals surface area contributed by atoms with Gasteiger partial charge in [0, 0.05) is 16.9 Å². The molecule has 4 nitrogen and oxygen atoms in total. The molecular formula is C13H10BrN3O. The third-order valence-electron chi connectivity index (χ3n) is 2.20. The average molecular weight is 304 g/mol. The van der Waals surface area contributed by atoms with Crippen molar-refractivity contribution in [2.24, 2.45) is 5.10 Å². The summed E-state index contributed by atoms with van der Waals surface area (Å²) < 4.78 is 0.738. The summed E-state index contributed by atoms with van der Waals surface area (Å²) in [6.45, 7) is 0. The number of hydrogen-bond acceptors (Lipinski definition) is 3. The van der Waals surface area contributed by atoms with Gasteiger partial charge >= 0.3 is 0 Å². The SMILES string of the molecule is O=C(N/N=C\c1ccncc1)c1ccccc1Br. The van der Waals surface area contributed by atoms with Crippen molar-refractivity contribution in [1.82, 2.24) is 10.4 Å². The number of nitrogens with zero attached hydrogens (tertiary/aromatic N) is 2. The summed E-state index contributed by atoms with van der Waals surface area (Å²) in [6, 6.07) is 10.8. The standard InChI is InChI=1S/C13H10BrN3O/c14-12-4-2-1-3-11(12)13(18)17-16-9-10-5-7-15-8-6-10/h1-9H,(H,17,18)/b16-9-. The van der Waals surface area contributed by atoms with E-state index in [0.717, 1.165) is 10.0 Å². The van der Waals surface area contributed by atoms with Gasteiger partial charge in [-0.25, -0.2) is 5.43 Å². The maximum Gasteiger partial charge on any atom is 0.272 e. The highest BCUT2D eigenvalue weighted by Gasteiger charge is 2.07. The van der Waals surface area contributed by atoms with Gasteiger partial charge in [-0.2, -0.15) is 5.10 Å². The first-order valence-corrected chi connectivity index (χ1v) is 6.04. The minimum atomic E-state index is -0.257. The van der Waals surface area contributed by atoms with E-state index in [1.807, 2.05) is 12.1 Å². The van der Waals surface area contributed by atoms with Crippen molar-refractivity contribution in [2.75, 3.05) is 0 Å². The first kappa shape index (κ1) is 12.4. The van der Waals surface area contributed by atoms with Crippen LogP contribution in [0.2, 0.25) is 0 Å². The van der Waals surface area contributed by atoms with Crippen LogP contribution in [0.1, 0.15) is 15.9 Å². The van der Waals surface area contributed by atoms with E-state index in [1.165, 1.54) is 0 Å². The zero-order valence-electron chi connectivity index (χ0n) is 9.38. The lowest BCUT2D eigenvalue weighted by Crippen LogP contribution is -2.18. The molecule has 1 amide bonds. The van der Waals surface area contributed by atoms with Crippen molar-refractivity contribution in [3.8, 4) is 0 Å². The summed E-state index contributed by atoms with van der Waals surface area (Å²) in [5.41, 5.74) is 3.89. The van der Waals surface area contributed by atoms with Gasteiger partial charge in [0.25, 0.3) is 5.91 Å². The van der Waals surface area contributed by atoms with Gasteiger partial charge in [-0.1, -0.05) is 12.1 Å². The summed E-state index contributed by atoms with van der Waals surface area (Å²) in [4.78, 5) is 15.7. The van der Waals surface area contributed by atoms with Crippen molar-refractivity contribution in [2.45, 2.75) is 0 Å². The largest absolute Gasteiger partial charge is 0.272 e. The smallest absolute Gasteiger partial charge is 0.267 e. The van der Waals surface area contributed by atoms with Gasteiger partial charge in [0.05, 0.1) is 11.8 Å². The lowest BCUT2D eigenvalue weighted by molar-refractivity contribution is 0.0954. The fourth-order valence-electron chi connectivity index (χ4n) is 1.32. The molecule has 0 unspecified atom stereocenters. The van der Waals surface area contributed by atoms with Gasteiger partial charge < -0.3 is 0 Å². The summed E-state index contributed by atoms with van der Waals surface area (Å²) >= 11 is 3.31. The molecule has 2 aromatic rings. The molecule has 0 radical (unpaired) electrons. The molecule has 0 saturated carbocycles. The summed E-state index contributed by atoms with van der Waals surface area (Å²) in [7, 11) is 0. The second-order valence-corrected chi connectivity index (χ2v) is 4.31. The van der Waals surface area contributed by atoms with E-state index in [-0.39, 0.29) is 5.91 Å². The molecule has 1 aromatic carbocycles. The number of nitrogens with one attached hydrogen (secondary N) is 1. The van der Waals surface area contributed by atoms with Crippen molar-refractivity contribution in [3.05, 3.63) is 64.4 Å². The predicted octanol–water partition coefficient (Wildman–Crippen LogP) is 2.61. The number of halogens is 1.